The van der Waals surface area contributed by atoms with Crippen molar-refractivity contribution >= 4 is 48.2 Å². The van der Waals surface area contributed by atoms with Crippen molar-refractivity contribution in [3.63, 3.8) is 0 Å². The van der Waals surface area contributed by atoms with Crippen LogP contribution >= 0.6 is 22.7 Å². The molecule has 2 aromatic carbocycles. The summed E-state index contributed by atoms with van der Waals surface area (Å²) >= 11 is 3.18. The molecule has 0 unspecified atom stereocenters. The lowest BCUT2D eigenvalue weighted by molar-refractivity contribution is 1.48. The van der Waals surface area contributed by atoms with Crippen molar-refractivity contribution in [2.75, 3.05) is 5.73 Å². The summed E-state index contributed by atoms with van der Waals surface area (Å²) in [5.41, 5.74) is 12.0. The zero-order chi connectivity index (χ0) is 12.8. The van der Waals surface area contributed by atoms with Gasteiger partial charge in [0.1, 0.15) is 0 Å². The maximum atomic E-state index is 5.81. The lowest BCUT2D eigenvalue weighted by atomic mass is 10.0. The first-order valence-corrected chi connectivity index (χ1v) is 7.49. The summed E-state index contributed by atoms with van der Waals surface area (Å²) in [6.07, 6.45) is 0. The standard InChI is InChI=1S/C14H9N3S2/c15-14-17-13-9(2-1-3-11(13)19-14)8-4-5-10-12(6-8)18-7-16-10/h1-7H,(H2,15,17). The molecule has 3 nitrogen and oxygen atoms in total. The minimum atomic E-state index is 0.612. The number of benzene rings is 2. The van der Waals surface area contributed by atoms with Crippen molar-refractivity contribution in [1.29, 1.82) is 0 Å². The van der Waals surface area contributed by atoms with E-state index in [1.54, 1.807) is 11.3 Å². The van der Waals surface area contributed by atoms with Gasteiger partial charge in [-0.1, -0.05) is 29.5 Å². The van der Waals surface area contributed by atoms with Crippen LogP contribution in [0.3, 0.4) is 0 Å². The van der Waals surface area contributed by atoms with Gasteiger partial charge in [-0.05, 0) is 23.8 Å². The Morgan fingerprint density at radius 2 is 2.00 bits per heavy atom. The quantitative estimate of drug-likeness (QED) is 0.571. The summed E-state index contributed by atoms with van der Waals surface area (Å²) in [5.74, 6) is 0. The summed E-state index contributed by atoms with van der Waals surface area (Å²) in [4.78, 5) is 8.75. The van der Waals surface area contributed by atoms with E-state index >= 15 is 0 Å². The van der Waals surface area contributed by atoms with E-state index in [9.17, 15) is 0 Å². The number of thiazole rings is 2. The van der Waals surface area contributed by atoms with Gasteiger partial charge in [0, 0.05) is 5.56 Å². The van der Waals surface area contributed by atoms with Gasteiger partial charge in [0.05, 0.1) is 25.9 Å². The Labute approximate surface area is 117 Å². The molecule has 0 aliphatic rings. The van der Waals surface area contributed by atoms with Crippen molar-refractivity contribution < 1.29 is 0 Å². The van der Waals surface area contributed by atoms with Gasteiger partial charge in [0.25, 0.3) is 0 Å². The average molecular weight is 283 g/mol. The number of nitrogen functional groups attached to an aromatic ring is 1. The molecule has 5 heteroatoms. The Balaban J connectivity index is 2.02. The highest BCUT2D eigenvalue weighted by molar-refractivity contribution is 7.22. The van der Waals surface area contributed by atoms with E-state index in [4.69, 9.17) is 5.73 Å². The van der Waals surface area contributed by atoms with Gasteiger partial charge in [0.2, 0.25) is 0 Å². The normalized spacial score (nSPS) is 11.4. The van der Waals surface area contributed by atoms with Crippen molar-refractivity contribution in [1.82, 2.24) is 9.97 Å². The zero-order valence-electron chi connectivity index (χ0n) is 9.83. The number of hydrogen-bond acceptors (Lipinski definition) is 5. The van der Waals surface area contributed by atoms with Crippen LogP contribution in [0.15, 0.2) is 41.9 Å². The molecule has 2 heterocycles. The number of rotatable bonds is 1. The second-order valence-corrected chi connectivity index (χ2v) is 6.19. The third-order valence-electron chi connectivity index (χ3n) is 3.08. The monoisotopic (exact) mass is 283 g/mol. The molecule has 0 spiro atoms. The van der Waals surface area contributed by atoms with E-state index in [-0.39, 0.29) is 0 Å². The van der Waals surface area contributed by atoms with Gasteiger partial charge in [0.15, 0.2) is 5.13 Å². The Morgan fingerprint density at radius 1 is 1.05 bits per heavy atom. The Kier molecular flexibility index (Phi) is 2.30. The molecule has 4 aromatic rings. The topological polar surface area (TPSA) is 51.8 Å². The lowest BCUT2D eigenvalue weighted by Crippen LogP contribution is -1.83. The van der Waals surface area contributed by atoms with Crippen LogP contribution in [-0.4, -0.2) is 9.97 Å². The van der Waals surface area contributed by atoms with Gasteiger partial charge in [-0.25, -0.2) is 9.97 Å². The molecule has 2 N–H and O–H groups in total. The van der Waals surface area contributed by atoms with E-state index in [0.717, 1.165) is 26.9 Å². The lowest BCUT2D eigenvalue weighted by Gasteiger charge is -2.02. The molecule has 0 saturated carbocycles. The summed E-state index contributed by atoms with van der Waals surface area (Å²) in [7, 11) is 0. The minimum absolute atomic E-state index is 0.612. The number of aromatic nitrogens is 2. The molecule has 0 bridgehead atoms. The van der Waals surface area contributed by atoms with E-state index in [2.05, 4.69) is 40.3 Å². The highest BCUT2D eigenvalue weighted by atomic mass is 32.1. The molecule has 0 aliphatic carbocycles. The molecule has 92 valence electrons. The van der Waals surface area contributed by atoms with Gasteiger partial charge < -0.3 is 5.73 Å². The minimum Gasteiger partial charge on any atom is -0.375 e. The van der Waals surface area contributed by atoms with E-state index in [1.807, 2.05) is 11.6 Å². The predicted octanol–water partition coefficient (Wildman–Crippen LogP) is 4.16. The number of nitrogens with zero attached hydrogens (tertiary/aromatic N) is 2. The van der Waals surface area contributed by atoms with Crippen LogP contribution in [0.2, 0.25) is 0 Å². The van der Waals surface area contributed by atoms with Crippen molar-refractivity contribution in [3.8, 4) is 11.1 Å². The fraction of sp³-hybridized carbons (Fsp3) is 0. The van der Waals surface area contributed by atoms with Crippen molar-refractivity contribution in [3.05, 3.63) is 41.9 Å². The van der Waals surface area contributed by atoms with E-state index in [0.29, 0.717) is 5.13 Å². The van der Waals surface area contributed by atoms with Crippen LogP contribution in [-0.2, 0) is 0 Å². The maximum absolute atomic E-state index is 5.81. The maximum Gasteiger partial charge on any atom is 0.181 e. The van der Waals surface area contributed by atoms with Crippen LogP contribution < -0.4 is 5.73 Å². The molecule has 0 aliphatic heterocycles. The number of anilines is 1. The fourth-order valence-corrected chi connectivity index (χ4v) is 3.70. The van der Waals surface area contributed by atoms with Gasteiger partial charge >= 0.3 is 0 Å². The van der Waals surface area contributed by atoms with Crippen LogP contribution in [0, 0.1) is 0 Å². The predicted molar refractivity (Wildman–Crippen MR) is 82.6 cm³/mol. The number of nitrogens with two attached hydrogens (primary N) is 1. The molecule has 0 fully saturated rings. The van der Waals surface area contributed by atoms with Crippen LogP contribution in [0.5, 0.6) is 0 Å². The molecule has 4 rings (SSSR count). The summed E-state index contributed by atoms with van der Waals surface area (Å²) in [5, 5.41) is 0.612. The smallest absolute Gasteiger partial charge is 0.181 e. The molecule has 19 heavy (non-hydrogen) atoms. The summed E-state index contributed by atoms with van der Waals surface area (Å²) in [6, 6.07) is 12.5. The Hall–Kier alpha value is -1.98. The molecule has 2 aromatic heterocycles. The Bertz CT molecular complexity index is 892. The van der Waals surface area contributed by atoms with Crippen LogP contribution in [0.4, 0.5) is 5.13 Å². The fourth-order valence-electron chi connectivity index (χ4n) is 2.22. The Morgan fingerprint density at radius 3 is 2.95 bits per heavy atom. The van der Waals surface area contributed by atoms with Crippen molar-refractivity contribution in [2.45, 2.75) is 0 Å². The second-order valence-electron chi connectivity index (χ2n) is 4.24. The summed E-state index contributed by atoms with van der Waals surface area (Å²) in [6.45, 7) is 0. The molecule has 0 atom stereocenters. The highest BCUT2D eigenvalue weighted by Crippen LogP contribution is 2.34. The molecular formula is C14H9N3S2. The first-order valence-electron chi connectivity index (χ1n) is 5.80. The van der Waals surface area contributed by atoms with Gasteiger partial charge in [-0.3, -0.25) is 0 Å². The van der Waals surface area contributed by atoms with E-state index < -0.39 is 0 Å². The van der Waals surface area contributed by atoms with Crippen molar-refractivity contribution in [2.24, 2.45) is 0 Å². The van der Waals surface area contributed by atoms with Crippen LogP contribution in [0.1, 0.15) is 0 Å². The second kappa shape index (κ2) is 4.01. The largest absolute Gasteiger partial charge is 0.375 e. The SMILES string of the molecule is Nc1nc2c(-c3ccc4ncsc4c3)cccc2s1. The first-order chi connectivity index (χ1) is 9.31. The first kappa shape index (κ1) is 10.9. The molecule has 0 saturated heterocycles. The number of hydrogen-bond donors (Lipinski definition) is 1. The van der Waals surface area contributed by atoms with E-state index in [1.165, 1.54) is 16.0 Å². The zero-order valence-corrected chi connectivity index (χ0v) is 11.5. The highest BCUT2D eigenvalue weighted by Gasteiger charge is 2.09. The third-order valence-corrected chi connectivity index (χ3v) is 4.72. The molecular weight excluding hydrogens is 274 g/mol. The summed E-state index contributed by atoms with van der Waals surface area (Å²) < 4.78 is 2.32. The molecule has 0 amide bonds. The number of para-hydroxylation sites is 1. The van der Waals surface area contributed by atoms with Gasteiger partial charge in [-0.15, -0.1) is 11.3 Å². The number of fused-ring (bicyclic) bond motifs is 2. The van der Waals surface area contributed by atoms with Crippen LogP contribution in [0.25, 0.3) is 31.6 Å². The third kappa shape index (κ3) is 1.70. The molecule has 0 radical (unpaired) electrons. The van der Waals surface area contributed by atoms with Gasteiger partial charge in [-0.2, -0.15) is 0 Å². The average Bonchev–Trinajstić information content (AvgIpc) is 3.01.